The van der Waals surface area contributed by atoms with Crippen LogP contribution in [0.1, 0.15) is 20.8 Å². The summed E-state index contributed by atoms with van der Waals surface area (Å²) in [4.78, 5) is 20.7. The summed E-state index contributed by atoms with van der Waals surface area (Å²) in [6.45, 7) is 5.40. The molecular weight excluding hydrogens is 378 g/mol. The highest BCUT2D eigenvalue weighted by atomic mass is 32.1. The summed E-state index contributed by atoms with van der Waals surface area (Å²) in [5.74, 6) is 0.174. The van der Waals surface area contributed by atoms with Crippen LogP contribution in [0.15, 0.2) is 66.7 Å². The van der Waals surface area contributed by atoms with E-state index in [1.165, 1.54) is 21.8 Å². The molecular formula is C24H25N3OS. The van der Waals surface area contributed by atoms with Crippen LogP contribution >= 0.6 is 11.3 Å². The van der Waals surface area contributed by atoms with Crippen molar-refractivity contribution in [2.75, 3.05) is 37.6 Å². The Bertz CT molecular complexity index is 992. The van der Waals surface area contributed by atoms with Crippen molar-refractivity contribution < 1.29 is 4.79 Å². The summed E-state index contributed by atoms with van der Waals surface area (Å²) in [7, 11) is 0. The molecule has 0 atom stereocenters. The third kappa shape index (κ3) is 3.80. The predicted octanol–water partition coefficient (Wildman–Crippen LogP) is 4.40. The summed E-state index contributed by atoms with van der Waals surface area (Å²) in [6, 6.07) is 23.2. The summed E-state index contributed by atoms with van der Waals surface area (Å²) >= 11 is 1.62. The highest BCUT2D eigenvalue weighted by Crippen LogP contribution is 2.38. The molecule has 1 amide bonds. The molecule has 1 saturated heterocycles. The fraction of sp³-hybridized carbons (Fsp3) is 0.292. The van der Waals surface area contributed by atoms with E-state index in [4.69, 9.17) is 0 Å². The minimum absolute atomic E-state index is 0.174. The Hall–Kier alpha value is -2.63. The molecule has 2 aliphatic rings. The number of para-hydroxylation sites is 1. The zero-order chi connectivity index (χ0) is 19.6. The van der Waals surface area contributed by atoms with Crippen LogP contribution in [0, 0.1) is 0 Å². The van der Waals surface area contributed by atoms with E-state index in [1.807, 2.05) is 11.0 Å². The molecule has 0 radical (unpaired) electrons. The maximum atomic E-state index is 13.0. The number of nitrogens with zero attached hydrogens (tertiary/aromatic N) is 3. The quantitative estimate of drug-likeness (QED) is 0.646. The number of anilines is 2. The molecule has 3 heterocycles. The molecule has 4 nitrogen and oxygen atoms in total. The van der Waals surface area contributed by atoms with Gasteiger partial charge in [0, 0.05) is 45.0 Å². The van der Waals surface area contributed by atoms with Crippen molar-refractivity contribution in [1.29, 1.82) is 0 Å². The van der Waals surface area contributed by atoms with Crippen LogP contribution in [0.25, 0.3) is 0 Å². The molecule has 0 saturated carbocycles. The number of hydrogen-bond donors (Lipinski definition) is 0. The summed E-state index contributed by atoms with van der Waals surface area (Å²) < 4.78 is 0. The molecule has 5 rings (SSSR count). The van der Waals surface area contributed by atoms with Crippen LogP contribution in [-0.4, -0.2) is 48.4 Å². The Morgan fingerprint density at radius 1 is 0.828 bits per heavy atom. The third-order valence-corrected chi connectivity index (χ3v) is 6.96. The van der Waals surface area contributed by atoms with Crippen molar-refractivity contribution in [2.45, 2.75) is 13.0 Å². The maximum Gasteiger partial charge on any atom is 0.264 e. The highest BCUT2D eigenvalue weighted by molar-refractivity contribution is 7.18. The summed E-state index contributed by atoms with van der Waals surface area (Å²) in [5.41, 5.74) is 4.01. The number of rotatable bonds is 4. The first kappa shape index (κ1) is 18.4. The zero-order valence-corrected chi connectivity index (χ0v) is 17.3. The maximum absolute atomic E-state index is 13.0. The van der Waals surface area contributed by atoms with E-state index in [9.17, 15) is 4.79 Å². The molecule has 29 heavy (non-hydrogen) atoms. The first-order chi connectivity index (χ1) is 14.3. The second kappa shape index (κ2) is 8.01. The van der Waals surface area contributed by atoms with E-state index < -0.39 is 0 Å². The van der Waals surface area contributed by atoms with Gasteiger partial charge < -0.3 is 9.80 Å². The number of carbonyl (C=O) groups is 1. The normalized spacial score (nSPS) is 16.8. The second-order valence-electron chi connectivity index (χ2n) is 7.72. The van der Waals surface area contributed by atoms with Crippen LogP contribution in [-0.2, 0) is 13.0 Å². The molecule has 1 fully saturated rings. The number of fused-ring (bicyclic) bond motifs is 1. The molecule has 0 spiro atoms. The lowest BCUT2D eigenvalue weighted by atomic mass is 10.2. The van der Waals surface area contributed by atoms with Crippen LogP contribution in [0.5, 0.6) is 0 Å². The SMILES string of the molecule is O=C(c1ccc(N2CCc3ccccc32)s1)N1CCN(Cc2ccccc2)CC1. The minimum Gasteiger partial charge on any atom is -0.335 e. The van der Waals surface area contributed by atoms with E-state index in [0.717, 1.165) is 50.6 Å². The van der Waals surface area contributed by atoms with E-state index >= 15 is 0 Å². The average Bonchev–Trinajstić information content (AvgIpc) is 3.42. The number of thiophene rings is 1. The van der Waals surface area contributed by atoms with Gasteiger partial charge >= 0.3 is 0 Å². The average molecular weight is 404 g/mol. The molecule has 2 aliphatic heterocycles. The van der Waals surface area contributed by atoms with E-state index in [-0.39, 0.29) is 5.91 Å². The Kier molecular flexibility index (Phi) is 5.08. The molecule has 0 bridgehead atoms. The first-order valence-electron chi connectivity index (χ1n) is 10.3. The van der Waals surface area contributed by atoms with Crippen LogP contribution in [0.4, 0.5) is 10.7 Å². The van der Waals surface area contributed by atoms with Gasteiger partial charge in [0.15, 0.2) is 0 Å². The van der Waals surface area contributed by atoms with Crippen molar-refractivity contribution >= 4 is 27.9 Å². The van der Waals surface area contributed by atoms with Crippen molar-refractivity contribution in [2.24, 2.45) is 0 Å². The predicted molar refractivity (Wildman–Crippen MR) is 119 cm³/mol. The fourth-order valence-corrected chi connectivity index (χ4v) is 5.28. The van der Waals surface area contributed by atoms with Gasteiger partial charge in [0.05, 0.1) is 9.88 Å². The number of piperazine rings is 1. The highest BCUT2D eigenvalue weighted by Gasteiger charge is 2.26. The third-order valence-electron chi connectivity index (χ3n) is 5.86. The minimum atomic E-state index is 0.174. The molecule has 0 unspecified atom stereocenters. The largest absolute Gasteiger partial charge is 0.335 e. The van der Waals surface area contributed by atoms with Gasteiger partial charge in [-0.1, -0.05) is 48.5 Å². The van der Waals surface area contributed by atoms with Crippen molar-refractivity contribution in [3.8, 4) is 0 Å². The van der Waals surface area contributed by atoms with Gasteiger partial charge in [-0.05, 0) is 35.7 Å². The molecule has 3 aromatic rings. The van der Waals surface area contributed by atoms with Crippen molar-refractivity contribution in [3.05, 3.63) is 82.7 Å². The monoisotopic (exact) mass is 403 g/mol. The van der Waals surface area contributed by atoms with Crippen LogP contribution < -0.4 is 4.90 Å². The van der Waals surface area contributed by atoms with Crippen molar-refractivity contribution in [1.82, 2.24) is 9.80 Å². The number of amides is 1. The van der Waals surface area contributed by atoms with Crippen molar-refractivity contribution in [3.63, 3.8) is 0 Å². The molecule has 148 valence electrons. The number of benzene rings is 2. The second-order valence-corrected chi connectivity index (χ2v) is 8.78. The lowest BCUT2D eigenvalue weighted by Crippen LogP contribution is -2.48. The molecule has 5 heteroatoms. The summed E-state index contributed by atoms with van der Waals surface area (Å²) in [6.07, 6.45) is 1.07. The molecule has 1 aromatic heterocycles. The Labute approximate surface area is 176 Å². The van der Waals surface area contributed by atoms with Crippen LogP contribution in [0.2, 0.25) is 0 Å². The van der Waals surface area contributed by atoms with Gasteiger partial charge in [0.2, 0.25) is 0 Å². The standard InChI is InChI=1S/C24H25N3OS/c28-24(26-16-14-25(15-17-26)18-19-6-2-1-3-7-19)22-10-11-23(29-22)27-13-12-20-8-4-5-9-21(20)27/h1-11H,12-18H2. The van der Waals surface area contributed by atoms with Gasteiger partial charge in [-0.3, -0.25) is 9.69 Å². The van der Waals surface area contributed by atoms with Gasteiger partial charge in [0.1, 0.15) is 0 Å². The van der Waals surface area contributed by atoms with Crippen LogP contribution in [0.3, 0.4) is 0 Å². The molecule has 0 N–H and O–H groups in total. The Balaban J connectivity index is 1.21. The summed E-state index contributed by atoms with van der Waals surface area (Å²) in [5, 5.41) is 1.17. The zero-order valence-electron chi connectivity index (χ0n) is 16.5. The Morgan fingerprint density at radius 2 is 1.59 bits per heavy atom. The molecule has 0 aliphatic carbocycles. The first-order valence-corrected chi connectivity index (χ1v) is 11.1. The lowest BCUT2D eigenvalue weighted by molar-refractivity contribution is 0.0633. The van der Waals surface area contributed by atoms with Gasteiger partial charge in [-0.15, -0.1) is 11.3 Å². The Morgan fingerprint density at radius 3 is 2.41 bits per heavy atom. The number of carbonyl (C=O) groups excluding carboxylic acids is 1. The van der Waals surface area contributed by atoms with Gasteiger partial charge in [-0.2, -0.15) is 0 Å². The van der Waals surface area contributed by atoms with E-state index in [1.54, 1.807) is 11.3 Å². The topological polar surface area (TPSA) is 26.8 Å². The van der Waals surface area contributed by atoms with Gasteiger partial charge in [0.25, 0.3) is 5.91 Å². The smallest absolute Gasteiger partial charge is 0.264 e. The lowest BCUT2D eigenvalue weighted by Gasteiger charge is -2.34. The fourth-order valence-electron chi connectivity index (χ4n) is 4.26. The van der Waals surface area contributed by atoms with E-state index in [0.29, 0.717) is 0 Å². The number of hydrogen-bond acceptors (Lipinski definition) is 4. The van der Waals surface area contributed by atoms with Gasteiger partial charge in [-0.25, -0.2) is 0 Å². The van der Waals surface area contributed by atoms with E-state index in [2.05, 4.69) is 70.5 Å². The molecule has 2 aromatic carbocycles.